The predicted molar refractivity (Wildman–Crippen MR) is 77.3 cm³/mol. The maximum absolute atomic E-state index is 11.5. The highest BCUT2D eigenvalue weighted by atomic mass is 79.9. The fourth-order valence-electron chi connectivity index (χ4n) is 1.51. The van der Waals surface area contributed by atoms with E-state index in [-0.39, 0.29) is 10.8 Å². The quantitative estimate of drug-likeness (QED) is 0.289. The average Bonchev–Trinajstić information content (AvgIpc) is 2.34. The van der Waals surface area contributed by atoms with Gasteiger partial charge in [-0.05, 0) is 23.8 Å². The third-order valence-corrected chi connectivity index (χ3v) is 3.64. The van der Waals surface area contributed by atoms with E-state index < -0.39 is 0 Å². The molecule has 0 aliphatic carbocycles. The van der Waals surface area contributed by atoms with Crippen molar-refractivity contribution in [2.24, 2.45) is 16.7 Å². The fraction of sp³-hybridized carbons (Fsp3) is 0.0909. The fourth-order valence-corrected chi connectivity index (χ4v) is 2.47. The number of thioether (sulfide) groups is 1. The van der Waals surface area contributed by atoms with E-state index in [0.717, 1.165) is 15.4 Å². The minimum absolute atomic E-state index is 0.272. The van der Waals surface area contributed by atoms with Crippen molar-refractivity contribution in [2.75, 3.05) is 0 Å². The molecule has 0 bridgehead atoms. The number of rotatable bonds is 2. The Morgan fingerprint density at radius 1 is 1.44 bits per heavy atom. The lowest BCUT2D eigenvalue weighted by atomic mass is 10.1. The number of hydrogen-bond donors (Lipinski definition) is 2. The number of nitrogens with zero attached hydrogens (tertiary/aromatic N) is 1. The summed E-state index contributed by atoms with van der Waals surface area (Å²) in [5, 5.41) is 4.51. The Labute approximate surface area is 115 Å². The molecule has 2 aromatic rings. The summed E-state index contributed by atoms with van der Waals surface area (Å²) in [7, 11) is 0. The first-order valence-corrected chi connectivity index (χ1v) is 6.76. The second kappa shape index (κ2) is 5.45. The van der Waals surface area contributed by atoms with Crippen molar-refractivity contribution in [1.29, 1.82) is 0 Å². The monoisotopic (exact) mass is 327 g/mol. The molecule has 1 aromatic heterocycles. The molecular weight excluding hydrogens is 318 g/mol. The van der Waals surface area contributed by atoms with Gasteiger partial charge in [-0.1, -0.05) is 27.7 Å². The summed E-state index contributed by atoms with van der Waals surface area (Å²) < 4.78 is 5.99. The SMILES string of the molecule is NN=C(N)SCc1cc(=O)oc2cc(Br)ccc12. The van der Waals surface area contributed by atoms with Gasteiger partial charge in [-0.3, -0.25) is 0 Å². The lowest BCUT2D eigenvalue weighted by Gasteiger charge is -2.04. The minimum atomic E-state index is -0.389. The molecule has 7 heteroatoms. The van der Waals surface area contributed by atoms with Gasteiger partial charge in [0.15, 0.2) is 5.17 Å². The number of benzene rings is 1. The first-order chi connectivity index (χ1) is 8.60. The van der Waals surface area contributed by atoms with Crippen molar-refractivity contribution in [3.8, 4) is 0 Å². The van der Waals surface area contributed by atoms with E-state index in [0.29, 0.717) is 11.3 Å². The Hall–Kier alpha value is -1.47. The van der Waals surface area contributed by atoms with Crippen LogP contribution in [0.3, 0.4) is 0 Å². The molecule has 5 nitrogen and oxygen atoms in total. The lowest BCUT2D eigenvalue weighted by molar-refractivity contribution is 0.559. The molecule has 2 rings (SSSR count). The van der Waals surface area contributed by atoms with Crippen molar-refractivity contribution in [3.63, 3.8) is 0 Å². The van der Waals surface area contributed by atoms with Crippen molar-refractivity contribution < 1.29 is 4.42 Å². The largest absolute Gasteiger partial charge is 0.423 e. The predicted octanol–water partition coefficient (Wildman–Crippen LogP) is 1.98. The molecule has 0 atom stereocenters. The van der Waals surface area contributed by atoms with Crippen molar-refractivity contribution in [2.45, 2.75) is 5.75 Å². The van der Waals surface area contributed by atoms with Crippen LogP contribution in [0, 0.1) is 0 Å². The van der Waals surface area contributed by atoms with E-state index in [1.807, 2.05) is 12.1 Å². The van der Waals surface area contributed by atoms with Crippen molar-refractivity contribution in [1.82, 2.24) is 0 Å². The molecule has 0 aliphatic heterocycles. The third-order valence-electron chi connectivity index (χ3n) is 2.30. The highest BCUT2D eigenvalue weighted by molar-refractivity contribution is 9.10. The van der Waals surface area contributed by atoms with Gasteiger partial charge in [0, 0.05) is 21.7 Å². The van der Waals surface area contributed by atoms with Gasteiger partial charge in [0.1, 0.15) is 5.58 Å². The number of amidine groups is 1. The van der Waals surface area contributed by atoms with Crippen LogP contribution in [-0.2, 0) is 5.75 Å². The topological polar surface area (TPSA) is 94.6 Å². The molecule has 18 heavy (non-hydrogen) atoms. The number of nitrogens with two attached hydrogens (primary N) is 2. The molecule has 0 unspecified atom stereocenters. The second-order valence-corrected chi connectivity index (χ2v) is 5.40. The summed E-state index contributed by atoms with van der Waals surface area (Å²) >= 11 is 4.60. The molecule has 1 heterocycles. The summed E-state index contributed by atoms with van der Waals surface area (Å²) in [6.45, 7) is 0. The molecule has 0 spiro atoms. The molecule has 0 fully saturated rings. The molecule has 0 aliphatic rings. The summed E-state index contributed by atoms with van der Waals surface area (Å²) in [6.07, 6.45) is 0. The van der Waals surface area contributed by atoms with Crippen LogP contribution < -0.4 is 17.2 Å². The first kappa shape index (κ1) is 13.0. The summed E-state index contributed by atoms with van der Waals surface area (Å²) in [4.78, 5) is 11.5. The number of fused-ring (bicyclic) bond motifs is 1. The van der Waals surface area contributed by atoms with Gasteiger partial charge in [-0.25, -0.2) is 4.79 Å². The van der Waals surface area contributed by atoms with Gasteiger partial charge in [0.25, 0.3) is 0 Å². The molecule has 0 radical (unpaired) electrons. The molecule has 94 valence electrons. The van der Waals surface area contributed by atoms with Gasteiger partial charge in [0.2, 0.25) is 0 Å². The smallest absolute Gasteiger partial charge is 0.336 e. The van der Waals surface area contributed by atoms with Crippen molar-refractivity contribution >= 4 is 43.8 Å². The Morgan fingerprint density at radius 3 is 2.94 bits per heavy atom. The van der Waals surface area contributed by atoms with E-state index in [1.165, 1.54) is 17.8 Å². The number of hydrazone groups is 1. The van der Waals surface area contributed by atoms with E-state index in [9.17, 15) is 4.79 Å². The van der Waals surface area contributed by atoms with Crippen molar-refractivity contribution in [3.05, 3.63) is 44.7 Å². The molecule has 1 aromatic carbocycles. The van der Waals surface area contributed by atoms with Crippen LogP contribution in [0.25, 0.3) is 11.0 Å². The summed E-state index contributed by atoms with van der Waals surface area (Å²) in [5.74, 6) is 5.56. The highest BCUT2D eigenvalue weighted by Crippen LogP contribution is 2.24. The normalized spacial score (nSPS) is 11.9. The Bertz CT molecular complexity index is 669. The zero-order chi connectivity index (χ0) is 13.1. The van der Waals surface area contributed by atoms with E-state index in [2.05, 4.69) is 21.0 Å². The van der Waals surface area contributed by atoms with Gasteiger partial charge in [0.05, 0.1) is 0 Å². The maximum atomic E-state index is 11.5. The molecular formula is C11H10BrN3O2S. The number of halogens is 1. The minimum Gasteiger partial charge on any atom is -0.423 e. The lowest BCUT2D eigenvalue weighted by Crippen LogP contribution is -2.10. The van der Waals surface area contributed by atoms with Crippen LogP contribution in [0.1, 0.15) is 5.56 Å². The molecule has 4 N–H and O–H groups in total. The molecule has 0 amide bonds. The molecule has 0 saturated carbocycles. The van der Waals surface area contributed by atoms with Crippen LogP contribution in [0.2, 0.25) is 0 Å². The van der Waals surface area contributed by atoms with Gasteiger partial charge in [-0.2, -0.15) is 5.10 Å². The molecule has 0 saturated heterocycles. The third kappa shape index (κ3) is 2.85. The van der Waals surface area contributed by atoms with Gasteiger partial charge >= 0.3 is 5.63 Å². The maximum Gasteiger partial charge on any atom is 0.336 e. The standard InChI is InChI=1S/C11H10BrN3O2S/c12-7-1-2-8-6(5-18-11(13)15-14)3-10(16)17-9(8)4-7/h1-4H,5,14H2,(H2,13,15). The van der Waals surface area contributed by atoms with E-state index >= 15 is 0 Å². The Kier molecular flexibility index (Phi) is 3.93. The summed E-state index contributed by atoms with van der Waals surface area (Å²) in [5.41, 5.74) is 6.49. The van der Waals surface area contributed by atoms with Crippen LogP contribution in [-0.4, -0.2) is 5.17 Å². The second-order valence-electron chi connectivity index (χ2n) is 3.49. The van der Waals surface area contributed by atoms with Crippen LogP contribution in [0.4, 0.5) is 0 Å². The average molecular weight is 328 g/mol. The van der Waals surface area contributed by atoms with Crippen LogP contribution in [0.5, 0.6) is 0 Å². The Morgan fingerprint density at radius 2 is 2.22 bits per heavy atom. The van der Waals surface area contributed by atoms with Crippen LogP contribution >= 0.6 is 27.7 Å². The zero-order valence-corrected chi connectivity index (χ0v) is 11.6. The summed E-state index contributed by atoms with van der Waals surface area (Å²) in [6, 6.07) is 6.98. The first-order valence-electron chi connectivity index (χ1n) is 4.98. The van der Waals surface area contributed by atoms with E-state index in [1.54, 1.807) is 6.07 Å². The van der Waals surface area contributed by atoms with Gasteiger partial charge in [-0.15, -0.1) is 0 Å². The highest BCUT2D eigenvalue weighted by Gasteiger charge is 2.07. The van der Waals surface area contributed by atoms with Crippen LogP contribution in [0.15, 0.2) is 43.1 Å². The Balaban J connectivity index is 2.46. The van der Waals surface area contributed by atoms with E-state index in [4.69, 9.17) is 16.0 Å². The number of hydrogen-bond acceptors (Lipinski definition) is 5. The van der Waals surface area contributed by atoms with Gasteiger partial charge < -0.3 is 16.0 Å². The zero-order valence-electron chi connectivity index (χ0n) is 9.22.